The molecule has 2 heterocycles. The Balaban J connectivity index is 1.43. The fourth-order valence-electron chi connectivity index (χ4n) is 3.70. The van der Waals surface area contributed by atoms with Crippen molar-refractivity contribution in [3.63, 3.8) is 0 Å². The molecule has 1 aromatic heterocycles. The van der Waals surface area contributed by atoms with E-state index in [0.29, 0.717) is 12.5 Å². The summed E-state index contributed by atoms with van der Waals surface area (Å²) in [5, 5.41) is 10.4. The fourth-order valence-corrected chi connectivity index (χ4v) is 4.43. The number of likely N-dealkylation sites (tertiary alicyclic amines) is 1. The average Bonchev–Trinajstić information content (AvgIpc) is 3.20. The molecule has 1 aliphatic heterocycles. The van der Waals surface area contributed by atoms with Crippen LogP contribution in [-0.4, -0.2) is 42.0 Å². The van der Waals surface area contributed by atoms with E-state index in [1.54, 1.807) is 11.3 Å². The standard InChI is InChI=1S/C23H35N5S/c1-4-22-27-21(17-29-22)16-28-12-10-19(11-13-28)14-25-23(24-5-2)26-15-20-9-7-6-8-18(20)3/h6-9,17,19H,4-5,10-16H2,1-3H3,(H2,24,25,26). The maximum Gasteiger partial charge on any atom is 0.191 e. The largest absolute Gasteiger partial charge is 0.357 e. The van der Waals surface area contributed by atoms with Crippen molar-refractivity contribution in [3.05, 3.63) is 51.5 Å². The summed E-state index contributed by atoms with van der Waals surface area (Å²) in [6.07, 6.45) is 3.50. The van der Waals surface area contributed by atoms with Crippen LogP contribution in [0, 0.1) is 12.8 Å². The van der Waals surface area contributed by atoms with E-state index in [1.165, 1.54) is 34.7 Å². The van der Waals surface area contributed by atoms with Gasteiger partial charge in [0.1, 0.15) is 0 Å². The number of aromatic nitrogens is 1. The molecule has 1 fully saturated rings. The molecule has 0 spiro atoms. The van der Waals surface area contributed by atoms with Gasteiger partial charge in [-0.15, -0.1) is 11.3 Å². The van der Waals surface area contributed by atoms with Crippen LogP contribution in [0.25, 0.3) is 0 Å². The summed E-state index contributed by atoms with van der Waals surface area (Å²) in [5.74, 6) is 1.63. The number of hydrogen-bond acceptors (Lipinski definition) is 4. The molecule has 158 valence electrons. The second-order valence-electron chi connectivity index (χ2n) is 7.81. The lowest BCUT2D eigenvalue weighted by Crippen LogP contribution is -2.42. The van der Waals surface area contributed by atoms with Crippen molar-refractivity contribution >= 4 is 17.3 Å². The monoisotopic (exact) mass is 413 g/mol. The highest BCUT2D eigenvalue weighted by Crippen LogP contribution is 2.19. The molecule has 2 aromatic rings. The Labute approximate surface area is 179 Å². The Bertz CT molecular complexity index is 777. The van der Waals surface area contributed by atoms with Gasteiger partial charge in [0.2, 0.25) is 0 Å². The summed E-state index contributed by atoms with van der Waals surface area (Å²) >= 11 is 1.79. The fraction of sp³-hybridized carbons (Fsp3) is 0.565. The molecule has 0 unspecified atom stereocenters. The van der Waals surface area contributed by atoms with E-state index in [0.717, 1.165) is 45.1 Å². The van der Waals surface area contributed by atoms with Gasteiger partial charge in [-0.3, -0.25) is 4.90 Å². The molecule has 0 bridgehead atoms. The first-order valence-electron chi connectivity index (χ1n) is 10.9. The Kier molecular flexibility index (Phi) is 8.50. The number of hydrogen-bond donors (Lipinski definition) is 2. The van der Waals surface area contributed by atoms with Crippen molar-refractivity contribution < 1.29 is 0 Å². The SMILES string of the molecule is CCNC(=NCc1ccccc1C)NCC1CCN(Cc2csc(CC)n2)CC1. The molecular weight excluding hydrogens is 378 g/mol. The maximum atomic E-state index is 4.79. The van der Waals surface area contributed by atoms with E-state index < -0.39 is 0 Å². The summed E-state index contributed by atoms with van der Waals surface area (Å²) in [5.41, 5.74) is 3.82. The number of nitrogens with zero attached hydrogens (tertiary/aromatic N) is 3. The molecule has 29 heavy (non-hydrogen) atoms. The Morgan fingerprint density at radius 2 is 2.00 bits per heavy atom. The summed E-state index contributed by atoms with van der Waals surface area (Å²) in [6.45, 7) is 12.3. The van der Waals surface area contributed by atoms with Crippen LogP contribution in [-0.2, 0) is 19.5 Å². The number of rotatable bonds is 8. The van der Waals surface area contributed by atoms with E-state index in [-0.39, 0.29) is 0 Å². The second-order valence-corrected chi connectivity index (χ2v) is 8.75. The highest BCUT2D eigenvalue weighted by Gasteiger charge is 2.20. The average molecular weight is 414 g/mol. The van der Waals surface area contributed by atoms with Gasteiger partial charge in [-0.1, -0.05) is 31.2 Å². The molecule has 3 rings (SSSR count). The smallest absolute Gasteiger partial charge is 0.191 e. The molecule has 1 aromatic carbocycles. The molecule has 0 amide bonds. The van der Waals surface area contributed by atoms with Crippen LogP contribution in [0.5, 0.6) is 0 Å². The van der Waals surface area contributed by atoms with Crippen LogP contribution in [0.3, 0.4) is 0 Å². The number of aliphatic imine (C=N–C) groups is 1. The lowest BCUT2D eigenvalue weighted by atomic mass is 9.97. The van der Waals surface area contributed by atoms with Gasteiger partial charge < -0.3 is 10.6 Å². The van der Waals surface area contributed by atoms with Crippen molar-refractivity contribution in [1.82, 2.24) is 20.5 Å². The first kappa shape index (κ1) is 21.8. The molecule has 1 saturated heterocycles. The van der Waals surface area contributed by atoms with Gasteiger partial charge in [0.15, 0.2) is 5.96 Å². The van der Waals surface area contributed by atoms with Gasteiger partial charge in [-0.05, 0) is 63.2 Å². The first-order chi connectivity index (χ1) is 14.2. The van der Waals surface area contributed by atoms with E-state index in [1.807, 2.05) is 0 Å². The van der Waals surface area contributed by atoms with Crippen molar-refractivity contribution in [2.24, 2.45) is 10.9 Å². The molecule has 6 heteroatoms. The van der Waals surface area contributed by atoms with E-state index in [9.17, 15) is 0 Å². The normalized spacial score (nSPS) is 16.2. The molecule has 0 aliphatic carbocycles. The predicted molar refractivity (Wildman–Crippen MR) is 123 cm³/mol. The van der Waals surface area contributed by atoms with E-state index >= 15 is 0 Å². The lowest BCUT2D eigenvalue weighted by molar-refractivity contribution is 0.176. The molecule has 1 aliphatic rings. The minimum absolute atomic E-state index is 0.704. The van der Waals surface area contributed by atoms with Crippen LogP contribution in [0.1, 0.15) is 48.5 Å². The van der Waals surface area contributed by atoms with Crippen molar-refractivity contribution in [1.29, 1.82) is 0 Å². The molecule has 0 atom stereocenters. The number of guanidine groups is 1. The molecule has 0 radical (unpaired) electrons. The summed E-state index contributed by atoms with van der Waals surface area (Å²) in [4.78, 5) is 12.0. The predicted octanol–water partition coefficient (Wildman–Crippen LogP) is 3.98. The van der Waals surface area contributed by atoms with Crippen LogP contribution in [0.15, 0.2) is 34.6 Å². The number of aryl methyl sites for hydroxylation is 2. The molecule has 2 N–H and O–H groups in total. The summed E-state index contributed by atoms with van der Waals surface area (Å²) in [6, 6.07) is 8.47. The molecule has 5 nitrogen and oxygen atoms in total. The van der Waals surface area contributed by atoms with Crippen LogP contribution >= 0.6 is 11.3 Å². The van der Waals surface area contributed by atoms with Crippen molar-refractivity contribution in [3.8, 4) is 0 Å². The highest BCUT2D eigenvalue weighted by atomic mass is 32.1. The quantitative estimate of drug-likeness (QED) is 0.508. The zero-order valence-electron chi connectivity index (χ0n) is 18.1. The summed E-state index contributed by atoms with van der Waals surface area (Å²) in [7, 11) is 0. The number of piperidine rings is 1. The zero-order valence-corrected chi connectivity index (χ0v) is 18.9. The zero-order chi connectivity index (χ0) is 20.5. The van der Waals surface area contributed by atoms with Crippen molar-refractivity contribution in [2.45, 2.75) is 53.1 Å². The van der Waals surface area contributed by atoms with Crippen molar-refractivity contribution in [2.75, 3.05) is 26.2 Å². The highest BCUT2D eigenvalue weighted by molar-refractivity contribution is 7.09. The molecular formula is C23H35N5S. The number of thiazole rings is 1. The third kappa shape index (κ3) is 6.82. The second kappa shape index (κ2) is 11.3. The van der Waals surface area contributed by atoms with E-state index in [2.05, 4.69) is 66.0 Å². The van der Waals surface area contributed by atoms with E-state index in [4.69, 9.17) is 9.98 Å². The third-order valence-corrected chi connectivity index (χ3v) is 6.61. The van der Waals surface area contributed by atoms with Crippen LogP contribution < -0.4 is 10.6 Å². The van der Waals surface area contributed by atoms with Gasteiger partial charge in [0, 0.05) is 25.0 Å². The Morgan fingerprint density at radius 3 is 2.69 bits per heavy atom. The minimum atomic E-state index is 0.704. The van der Waals surface area contributed by atoms with Gasteiger partial charge >= 0.3 is 0 Å². The number of nitrogens with one attached hydrogen (secondary N) is 2. The van der Waals surface area contributed by atoms with Gasteiger partial charge in [0.05, 0.1) is 17.2 Å². The molecule has 0 saturated carbocycles. The third-order valence-electron chi connectivity index (χ3n) is 5.57. The van der Waals surface area contributed by atoms with Gasteiger partial charge in [-0.25, -0.2) is 9.98 Å². The summed E-state index contributed by atoms with van der Waals surface area (Å²) < 4.78 is 0. The van der Waals surface area contributed by atoms with Crippen LogP contribution in [0.4, 0.5) is 0 Å². The first-order valence-corrected chi connectivity index (χ1v) is 11.8. The van der Waals surface area contributed by atoms with Gasteiger partial charge in [-0.2, -0.15) is 0 Å². The maximum absolute atomic E-state index is 4.79. The van der Waals surface area contributed by atoms with Gasteiger partial charge in [0.25, 0.3) is 0 Å². The Morgan fingerprint density at radius 1 is 1.21 bits per heavy atom. The number of benzene rings is 1. The Hall–Kier alpha value is -1.92. The minimum Gasteiger partial charge on any atom is -0.357 e. The van der Waals surface area contributed by atoms with Crippen LogP contribution in [0.2, 0.25) is 0 Å². The topological polar surface area (TPSA) is 52.6 Å². The lowest BCUT2D eigenvalue weighted by Gasteiger charge is -2.31.